The number of halogens is 2. The van der Waals surface area contributed by atoms with Crippen molar-refractivity contribution < 1.29 is 19.1 Å². The molecule has 0 aliphatic carbocycles. The largest absolute Gasteiger partial charge is 0.492 e. The van der Waals surface area contributed by atoms with Crippen molar-refractivity contribution in [1.82, 2.24) is 16.2 Å². The van der Waals surface area contributed by atoms with Crippen molar-refractivity contribution in [2.75, 3.05) is 13.2 Å². The lowest BCUT2D eigenvalue weighted by molar-refractivity contribution is -0.123. The average Bonchev–Trinajstić information content (AvgIpc) is 2.83. The minimum absolute atomic E-state index is 0.0842. The van der Waals surface area contributed by atoms with Gasteiger partial charge in [-0.2, -0.15) is 0 Å². The maximum Gasteiger partial charge on any atom is 0.276 e. The van der Waals surface area contributed by atoms with Crippen LogP contribution in [0, 0.1) is 0 Å². The maximum absolute atomic E-state index is 12.7. The highest BCUT2D eigenvalue weighted by Gasteiger charge is 2.14. The van der Waals surface area contributed by atoms with E-state index in [0.717, 1.165) is 10.0 Å². The summed E-state index contributed by atoms with van der Waals surface area (Å²) >= 11 is 14.4. The van der Waals surface area contributed by atoms with E-state index in [1.807, 2.05) is 30.3 Å². The van der Waals surface area contributed by atoms with Crippen molar-refractivity contribution in [1.29, 1.82) is 0 Å². The molecule has 0 aliphatic rings. The van der Waals surface area contributed by atoms with Crippen molar-refractivity contribution in [3.63, 3.8) is 0 Å². The van der Waals surface area contributed by atoms with E-state index in [1.165, 1.54) is 0 Å². The highest BCUT2D eigenvalue weighted by atomic mass is 79.9. The van der Waals surface area contributed by atoms with Crippen LogP contribution in [0.1, 0.15) is 15.9 Å². The van der Waals surface area contributed by atoms with Gasteiger partial charge in [0.15, 0.2) is 11.7 Å². The van der Waals surface area contributed by atoms with E-state index in [1.54, 1.807) is 42.5 Å². The first-order valence-corrected chi connectivity index (χ1v) is 11.7. The van der Waals surface area contributed by atoms with Gasteiger partial charge in [-0.25, -0.2) is 0 Å². The Bertz CT molecular complexity index is 1160. The van der Waals surface area contributed by atoms with E-state index < -0.39 is 11.8 Å². The summed E-state index contributed by atoms with van der Waals surface area (Å²) in [5.41, 5.74) is 6.27. The molecule has 3 N–H and O–H groups in total. The van der Waals surface area contributed by atoms with Crippen LogP contribution in [0.2, 0.25) is 5.02 Å². The monoisotopic (exact) mass is 561 g/mol. The van der Waals surface area contributed by atoms with Crippen LogP contribution in [0.3, 0.4) is 0 Å². The van der Waals surface area contributed by atoms with Gasteiger partial charge in [-0.05, 0) is 48.1 Å². The Labute approximate surface area is 215 Å². The number of amides is 2. The van der Waals surface area contributed by atoms with Crippen LogP contribution < -0.4 is 25.6 Å². The number of para-hydroxylation sites is 1. The van der Waals surface area contributed by atoms with Crippen LogP contribution in [-0.2, 0) is 11.2 Å². The summed E-state index contributed by atoms with van der Waals surface area (Å²) in [5, 5.41) is 2.79. The van der Waals surface area contributed by atoms with E-state index in [4.69, 9.17) is 33.3 Å². The van der Waals surface area contributed by atoms with E-state index in [2.05, 4.69) is 32.1 Å². The van der Waals surface area contributed by atoms with Crippen molar-refractivity contribution in [3.05, 3.63) is 93.4 Å². The highest BCUT2D eigenvalue weighted by molar-refractivity contribution is 9.10. The molecule has 7 nitrogen and oxygen atoms in total. The van der Waals surface area contributed by atoms with E-state index in [9.17, 15) is 9.59 Å². The van der Waals surface area contributed by atoms with Gasteiger partial charge in [0.05, 0.1) is 17.2 Å². The second kappa shape index (κ2) is 12.9. The van der Waals surface area contributed by atoms with Crippen molar-refractivity contribution >= 4 is 56.7 Å². The third-order valence-electron chi connectivity index (χ3n) is 4.42. The first-order valence-electron chi connectivity index (χ1n) is 10.2. The zero-order valence-electron chi connectivity index (χ0n) is 17.8. The fourth-order valence-corrected chi connectivity index (χ4v) is 3.68. The lowest BCUT2D eigenvalue weighted by atomic mass is 10.1. The normalized spacial score (nSPS) is 10.2. The molecule has 0 fully saturated rings. The van der Waals surface area contributed by atoms with E-state index >= 15 is 0 Å². The van der Waals surface area contributed by atoms with Gasteiger partial charge in [0.1, 0.15) is 11.5 Å². The maximum atomic E-state index is 12.7. The predicted molar refractivity (Wildman–Crippen MR) is 138 cm³/mol. The van der Waals surface area contributed by atoms with Gasteiger partial charge in [-0.3, -0.25) is 25.8 Å². The van der Waals surface area contributed by atoms with Crippen molar-refractivity contribution in [3.8, 4) is 11.5 Å². The zero-order chi connectivity index (χ0) is 24.3. The molecule has 0 radical (unpaired) electrons. The molecule has 176 valence electrons. The summed E-state index contributed by atoms with van der Waals surface area (Å²) in [6.45, 7) is 0.110. The fourth-order valence-electron chi connectivity index (χ4n) is 2.80. The number of carbonyl (C=O) groups excluding carboxylic acids is 2. The molecule has 0 spiro atoms. The summed E-state index contributed by atoms with van der Waals surface area (Å²) in [5.74, 6) is -0.192. The number of nitrogens with one attached hydrogen (secondary N) is 3. The Morgan fingerprint density at radius 3 is 2.41 bits per heavy atom. The molecule has 2 amide bonds. The van der Waals surface area contributed by atoms with Gasteiger partial charge >= 0.3 is 0 Å². The summed E-state index contributed by atoms with van der Waals surface area (Å²) in [4.78, 5) is 24.7. The molecule has 0 aliphatic heterocycles. The van der Waals surface area contributed by atoms with E-state index in [0.29, 0.717) is 35.1 Å². The van der Waals surface area contributed by atoms with Crippen LogP contribution in [0.15, 0.2) is 77.3 Å². The SMILES string of the molecule is O=C(COc1ccc(Br)cc1Cl)NNC(=S)NC(=O)c1ccccc1OCCc1ccccc1. The number of hydrogen-bond donors (Lipinski definition) is 3. The van der Waals surface area contributed by atoms with Crippen LogP contribution in [-0.4, -0.2) is 30.1 Å². The Morgan fingerprint density at radius 2 is 1.65 bits per heavy atom. The van der Waals surface area contributed by atoms with Crippen LogP contribution in [0.25, 0.3) is 0 Å². The standard InChI is InChI=1S/C24H21BrClN3O4S/c25-17-10-11-21(19(26)14-17)33-15-22(30)28-29-24(34)27-23(31)18-8-4-5-9-20(18)32-13-12-16-6-2-1-3-7-16/h1-11,14H,12-13,15H2,(H,28,30)(H2,27,29,31,34). The number of thiocarbonyl (C=S) groups is 1. The molecule has 34 heavy (non-hydrogen) atoms. The first-order chi connectivity index (χ1) is 16.4. The summed E-state index contributed by atoms with van der Waals surface area (Å²) in [7, 11) is 0. The number of ether oxygens (including phenoxy) is 2. The third-order valence-corrected chi connectivity index (χ3v) is 5.41. The fraction of sp³-hybridized carbons (Fsp3) is 0.125. The van der Waals surface area contributed by atoms with Gasteiger partial charge in [0.25, 0.3) is 11.8 Å². The molecule has 3 aromatic carbocycles. The number of rotatable bonds is 8. The molecule has 0 saturated carbocycles. The number of benzene rings is 3. The van der Waals surface area contributed by atoms with Crippen molar-refractivity contribution in [2.45, 2.75) is 6.42 Å². The Kier molecular flexibility index (Phi) is 9.69. The minimum Gasteiger partial charge on any atom is -0.492 e. The third kappa shape index (κ3) is 8.02. The number of carbonyl (C=O) groups is 2. The molecule has 0 bridgehead atoms. The topological polar surface area (TPSA) is 88.7 Å². The second-order valence-electron chi connectivity index (χ2n) is 6.90. The Balaban J connectivity index is 1.44. The van der Waals surface area contributed by atoms with Gasteiger partial charge in [0.2, 0.25) is 0 Å². The second-order valence-corrected chi connectivity index (χ2v) is 8.63. The summed E-state index contributed by atoms with van der Waals surface area (Å²) in [6.07, 6.45) is 0.705. The van der Waals surface area contributed by atoms with Gasteiger partial charge in [-0.15, -0.1) is 0 Å². The molecular formula is C24H21BrClN3O4S. The molecule has 0 unspecified atom stereocenters. The first kappa shape index (κ1) is 25.5. The molecule has 0 heterocycles. The van der Waals surface area contributed by atoms with Gasteiger partial charge < -0.3 is 9.47 Å². The smallest absolute Gasteiger partial charge is 0.276 e. The lowest BCUT2D eigenvalue weighted by Crippen LogP contribution is -2.49. The Morgan fingerprint density at radius 1 is 0.912 bits per heavy atom. The van der Waals surface area contributed by atoms with E-state index in [-0.39, 0.29) is 11.7 Å². The van der Waals surface area contributed by atoms with Crippen molar-refractivity contribution in [2.24, 2.45) is 0 Å². The van der Waals surface area contributed by atoms with Gasteiger partial charge in [0, 0.05) is 10.9 Å². The molecule has 3 rings (SSSR count). The predicted octanol–water partition coefficient (Wildman–Crippen LogP) is 4.44. The molecular weight excluding hydrogens is 542 g/mol. The number of hydrazine groups is 1. The van der Waals surface area contributed by atoms with Crippen LogP contribution in [0.4, 0.5) is 0 Å². The Hall–Kier alpha value is -3.14. The summed E-state index contributed by atoms with van der Waals surface area (Å²) in [6, 6.07) is 21.8. The quantitative estimate of drug-likeness (QED) is 0.278. The molecule has 10 heteroatoms. The van der Waals surface area contributed by atoms with Crippen LogP contribution >= 0.6 is 39.7 Å². The average molecular weight is 563 g/mol. The summed E-state index contributed by atoms with van der Waals surface area (Å²) < 4.78 is 12.0. The molecule has 0 aromatic heterocycles. The molecule has 3 aromatic rings. The minimum atomic E-state index is -0.514. The molecule has 0 atom stereocenters. The lowest BCUT2D eigenvalue weighted by Gasteiger charge is -2.14. The number of hydrogen-bond acceptors (Lipinski definition) is 5. The highest BCUT2D eigenvalue weighted by Crippen LogP contribution is 2.27. The van der Waals surface area contributed by atoms with Gasteiger partial charge in [-0.1, -0.05) is 70.0 Å². The molecule has 0 saturated heterocycles. The zero-order valence-corrected chi connectivity index (χ0v) is 21.0. The van der Waals surface area contributed by atoms with Crippen LogP contribution in [0.5, 0.6) is 11.5 Å².